The third kappa shape index (κ3) is 3.40. The first-order valence-corrected chi connectivity index (χ1v) is 12.0. The summed E-state index contributed by atoms with van der Waals surface area (Å²) in [4.78, 5) is 0. The number of nitrogens with zero attached hydrogens (tertiary/aromatic N) is 2. The fraction of sp³-hybridized carbons (Fsp3) is 0.519. The van der Waals surface area contributed by atoms with Crippen LogP contribution >= 0.6 is 0 Å². The fourth-order valence-corrected chi connectivity index (χ4v) is 6.61. The number of aryl methyl sites for hydroxylation is 1. The van der Waals surface area contributed by atoms with Crippen LogP contribution in [0.3, 0.4) is 0 Å². The first-order chi connectivity index (χ1) is 15.0. The molecule has 1 aromatic heterocycles. The average molecular weight is 421 g/mol. The second-order valence-electron chi connectivity index (χ2n) is 9.88. The van der Waals surface area contributed by atoms with Crippen LogP contribution in [0.15, 0.2) is 42.6 Å². The lowest BCUT2D eigenvalue weighted by molar-refractivity contribution is -0.0541. The zero-order valence-corrected chi connectivity index (χ0v) is 18.7. The van der Waals surface area contributed by atoms with Crippen LogP contribution in [0.5, 0.6) is 0 Å². The molecule has 0 saturated heterocycles. The Balaban J connectivity index is 1.60. The molecule has 0 amide bonds. The Bertz CT molecular complexity index is 1090. The Labute approximate surface area is 184 Å². The van der Waals surface area contributed by atoms with Crippen LogP contribution in [0.4, 0.5) is 4.39 Å². The summed E-state index contributed by atoms with van der Waals surface area (Å²) in [6.45, 7) is 4.51. The molecule has 31 heavy (non-hydrogen) atoms. The Morgan fingerprint density at radius 3 is 2.71 bits per heavy atom. The summed E-state index contributed by atoms with van der Waals surface area (Å²) in [7, 11) is 0. The summed E-state index contributed by atoms with van der Waals surface area (Å²) in [5, 5.41) is 17.0. The molecule has 0 bridgehead atoms. The van der Waals surface area contributed by atoms with Crippen LogP contribution in [0, 0.1) is 11.7 Å². The van der Waals surface area contributed by atoms with Gasteiger partial charge in [-0.25, -0.2) is 9.07 Å². The first-order valence-electron chi connectivity index (χ1n) is 12.0. The maximum atomic E-state index is 13.4. The van der Waals surface area contributed by atoms with Crippen molar-refractivity contribution in [2.24, 2.45) is 5.92 Å². The van der Waals surface area contributed by atoms with Crippen molar-refractivity contribution in [3.05, 3.63) is 59.5 Å². The standard InChI is InChI=1S/C27H33FN2O/c1-3-12-26(31)13-14-27(4-2)21(17-26)7-5-6-19-16-25-20(15-24(19)27)18-29-30(25)23-10-8-22(28)9-11-23/h8-11,15-16,18,21,31H,3-7,12-14,17H2,1-2H3/t21-,26+,27-/m0/s1. The van der Waals surface area contributed by atoms with Gasteiger partial charge < -0.3 is 5.11 Å². The van der Waals surface area contributed by atoms with Crippen molar-refractivity contribution in [3.8, 4) is 5.69 Å². The number of fused-ring (bicyclic) bond motifs is 4. The highest BCUT2D eigenvalue weighted by molar-refractivity contribution is 5.82. The Hall–Kier alpha value is -2.20. The predicted octanol–water partition coefficient (Wildman–Crippen LogP) is 6.48. The van der Waals surface area contributed by atoms with Gasteiger partial charge in [0, 0.05) is 5.39 Å². The van der Waals surface area contributed by atoms with E-state index in [2.05, 4.69) is 31.1 Å². The molecule has 0 unspecified atom stereocenters. The minimum atomic E-state index is -0.486. The van der Waals surface area contributed by atoms with E-state index in [1.165, 1.54) is 29.7 Å². The molecule has 2 aromatic carbocycles. The lowest BCUT2D eigenvalue weighted by Crippen LogP contribution is -2.47. The van der Waals surface area contributed by atoms with E-state index in [1.54, 1.807) is 12.1 Å². The van der Waals surface area contributed by atoms with Gasteiger partial charge >= 0.3 is 0 Å². The molecular formula is C27H33FN2O. The second-order valence-corrected chi connectivity index (χ2v) is 9.88. The van der Waals surface area contributed by atoms with Gasteiger partial charge in [-0.2, -0.15) is 5.10 Å². The predicted molar refractivity (Wildman–Crippen MR) is 123 cm³/mol. The van der Waals surface area contributed by atoms with Crippen molar-refractivity contribution in [1.82, 2.24) is 9.78 Å². The molecule has 0 aliphatic heterocycles. The molecule has 3 aromatic rings. The molecule has 1 heterocycles. The quantitative estimate of drug-likeness (QED) is 0.524. The Morgan fingerprint density at radius 2 is 1.97 bits per heavy atom. The lowest BCUT2D eigenvalue weighted by Gasteiger charge is -2.50. The number of aromatic nitrogens is 2. The largest absolute Gasteiger partial charge is 0.390 e. The van der Waals surface area contributed by atoms with Gasteiger partial charge in [-0.3, -0.25) is 0 Å². The van der Waals surface area contributed by atoms with Gasteiger partial charge in [-0.1, -0.05) is 20.3 Å². The number of hydrogen-bond acceptors (Lipinski definition) is 2. The normalized spacial score (nSPS) is 28.2. The van der Waals surface area contributed by atoms with Gasteiger partial charge in [0.2, 0.25) is 0 Å². The van der Waals surface area contributed by atoms with Crippen molar-refractivity contribution in [3.63, 3.8) is 0 Å². The monoisotopic (exact) mass is 420 g/mol. The number of rotatable bonds is 4. The van der Waals surface area contributed by atoms with E-state index >= 15 is 0 Å². The zero-order chi connectivity index (χ0) is 21.6. The van der Waals surface area contributed by atoms with Gasteiger partial charge in [0.25, 0.3) is 0 Å². The molecule has 3 nitrogen and oxygen atoms in total. The molecule has 4 heteroatoms. The topological polar surface area (TPSA) is 38.1 Å². The summed E-state index contributed by atoms with van der Waals surface area (Å²) >= 11 is 0. The first kappa shape index (κ1) is 20.7. The number of halogens is 1. The zero-order valence-electron chi connectivity index (χ0n) is 18.7. The van der Waals surface area contributed by atoms with E-state index in [-0.39, 0.29) is 11.2 Å². The number of aliphatic hydroxyl groups is 1. The minimum absolute atomic E-state index is 0.151. The van der Waals surface area contributed by atoms with Crippen molar-refractivity contribution in [2.45, 2.75) is 82.7 Å². The maximum absolute atomic E-state index is 13.4. The molecular weight excluding hydrogens is 387 g/mol. The van der Waals surface area contributed by atoms with Crippen LogP contribution in [0.1, 0.15) is 76.3 Å². The molecule has 1 N–H and O–H groups in total. The van der Waals surface area contributed by atoms with Crippen molar-refractivity contribution in [1.29, 1.82) is 0 Å². The summed E-state index contributed by atoms with van der Waals surface area (Å²) in [6.07, 6.45) is 11.3. The third-order valence-corrected chi connectivity index (χ3v) is 8.19. The van der Waals surface area contributed by atoms with E-state index in [4.69, 9.17) is 0 Å². The molecule has 1 saturated carbocycles. The SMILES string of the molecule is CCC[C@@]1(O)CC[C@]2(CC)c3cc4cnn(-c5ccc(F)cc5)c4cc3CCC[C@H]2C1. The van der Waals surface area contributed by atoms with Crippen molar-refractivity contribution < 1.29 is 9.50 Å². The molecule has 3 atom stereocenters. The highest BCUT2D eigenvalue weighted by Gasteiger charge is 2.49. The highest BCUT2D eigenvalue weighted by atomic mass is 19.1. The van der Waals surface area contributed by atoms with Crippen LogP contribution in [0.2, 0.25) is 0 Å². The molecule has 2 aliphatic rings. The van der Waals surface area contributed by atoms with Gasteiger partial charge in [0.15, 0.2) is 0 Å². The van der Waals surface area contributed by atoms with Crippen LogP contribution in [-0.2, 0) is 11.8 Å². The summed E-state index contributed by atoms with van der Waals surface area (Å²) in [6, 6.07) is 11.3. The van der Waals surface area contributed by atoms with Crippen molar-refractivity contribution in [2.75, 3.05) is 0 Å². The molecule has 5 rings (SSSR count). The smallest absolute Gasteiger partial charge is 0.123 e. The highest BCUT2D eigenvalue weighted by Crippen LogP contribution is 2.54. The minimum Gasteiger partial charge on any atom is -0.390 e. The number of hydrogen-bond donors (Lipinski definition) is 1. The molecule has 1 fully saturated rings. The van der Waals surface area contributed by atoms with Gasteiger partial charge in [0.1, 0.15) is 5.82 Å². The van der Waals surface area contributed by atoms with E-state index in [0.29, 0.717) is 5.92 Å². The van der Waals surface area contributed by atoms with Crippen LogP contribution < -0.4 is 0 Å². The van der Waals surface area contributed by atoms with Gasteiger partial charge in [-0.05, 0) is 110 Å². The molecule has 0 spiro atoms. The van der Waals surface area contributed by atoms with Gasteiger partial charge in [-0.15, -0.1) is 0 Å². The Morgan fingerprint density at radius 1 is 1.16 bits per heavy atom. The van der Waals surface area contributed by atoms with Crippen molar-refractivity contribution >= 4 is 10.9 Å². The molecule has 2 aliphatic carbocycles. The average Bonchev–Trinajstić information content (AvgIpc) is 3.10. The molecule has 164 valence electrons. The van der Waals surface area contributed by atoms with E-state index in [9.17, 15) is 9.50 Å². The van der Waals surface area contributed by atoms with E-state index < -0.39 is 5.60 Å². The second kappa shape index (κ2) is 7.74. The fourth-order valence-electron chi connectivity index (χ4n) is 6.61. The summed E-state index contributed by atoms with van der Waals surface area (Å²) < 4.78 is 15.3. The number of benzene rings is 2. The van der Waals surface area contributed by atoms with Crippen LogP contribution in [-0.4, -0.2) is 20.5 Å². The Kier molecular flexibility index (Phi) is 5.16. The van der Waals surface area contributed by atoms with E-state index in [0.717, 1.165) is 68.0 Å². The molecule has 0 radical (unpaired) electrons. The van der Waals surface area contributed by atoms with E-state index in [1.807, 2.05) is 10.9 Å². The summed E-state index contributed by atoms with van der Waals surface area (Å²) in [5.74, 6) is 0.305. The lowest BCUT2D eigenvalue weighted by atomic mass is 9.56. The van der Waals surface area contributed by atoms with Crippen LogP contribution in [0.25, 0.3) is 16.6 Å². The third-order valence-electron chi connectivity index (χ3n) is 8.19. The summed E-state index contributed by atoms with van der Waals surface area (Å²) in [5.41, 5.74) is 4.56. The maximum Gasteiger partial charge on any atom is 0.123 e. The van der Waals surface area contributed by atoms with Gasteiger partial charge in [0.05, 0.1) is 23.0 Å².